The SMILES string of the molecule is CC[C@H](C)[C@@H]1NC(=O)[C@H](CC(C)C)N(C)C(=O)C[C@@H](C)NC(=O)[C@H](C(C)C)N(C)C(=O)C2(CCCC2)NC(=O)[C@@H]2CCCN2C(=O)[C@H](CCc2ccc(Cl)cc2)NC(=O)CN(C)C(=O)[C@H](CC2CCCCC2)N(C)C(=O)CN(C)C(=O)CN(C)C1=O. The van der Waals surface area contributed by atoms with Crippen LogP contribution in [0.15, 0.2) is 24.3 Å². The van der Waals surface area contributed by atoms with Gasteiger partial charge >= 0.3 is 0 Å². The quantitative estimate of drug-likeness (QED) is 0.259. The van der Waals surface area contributed by atoms with Crippen molar-refractivity contribution >= 4 is 76.6 Å². The van der Waals surface area contributed by atoms with E-state index in [2.05, 4.69) is 21.3 Å². The fourth-order valence-electron chi connectivity index (χ4n) is 12.7. The Labute approximate surface area is 515 Å². The van der Waals surface area contributed by atoms with Crippen molar-refractivity contribution in [3.05, 3.63) is 34.9 Å². The monoisotopic (exact) mass is 1220 g/mol. The third-order valence-electron chi connectivity index (χ3n) is 18.2. The number of benzene rings is 1. The lowest BCUT2D eigenvalue weighted by Crippen LogP contribution is -2.64. The van der Waals surface area contributed by atoms with E-state index in [4.69, 9.17) is 11.6 Å². The number of aryl methyl sites for hydroxylation is 1. The maximum Gasteiger partial charge on any atom is 0.248 e. The van der Waals surface area contributed by atoms with Gasteiger partial charge in [-0.15, -0.1) is 0 Å². The van der Waals surface area contributed by atoms with Crippen LogP contribution in [-0.2, 0) is 59.2 Å². The van der Waals surface area contributed by atoms with E-state index in [0.717, 1.165) is 37.7 Å². The Morgan fingerprint density at radius 2 is 1.22 bits per heavy atom. The van der Waals surface area contributed by atoms with Crippen LogP contribution in [0.3, 0.4) is 0 Å². The Morgan fingerprint density at radius 3 is 1.83 bits per heavy atom. The lowest BCUT2D eigenvalue weighted by molar-refractivity contribution is -0.149. The summed E-state index contributed by atoms with van der Waals surface area (Å²) in [6.07, 6.45) is 8.46. The van der Waals surface area contributed by atoms with E-state index in [9.17, 15) is 52.7 Å². The number of halogens is 1. The van der Waals surface area contributed by atoms with Gasteiger partial charge in [-0.25, -0.2) is 0 Å². The van der Waals surface area contributed by atoms with Gasteiger partial charge in [0.2, 0.25) is 65.0 Å². The zero-order valence-corrected chi connectivity index (χ0v) is 54.3. The van der Waals surface area contributed by atoms with E-state index in [1.807, 2.05) is 32.9 Å². The molecule has 86 heavy (non-hydrogen) atoms. The topological polar surface area (TPSA) is 259 Å². The van der Waals surface area contributed by atoms with Gasteiger partial charge in [0, 0.05) is 66.3 Å². The second-order valence-corrected chi connectivity index (χ2v) is 26.3. The Balaban J connectivity index is 1.52. The number of nitrogens with one attached hydrogen (secondary N) is 4. The van der Waals surface area contributed by atoms with Gasteiger partial charge in [-0.05, 0) is 99.7 Å². The van der Waals surface area contributed by atoms with Crippen LogP contribution in [0.1, 0.15) is 157 Å². The molecule has 0 aromatic heterocycles. The zero-order chi connectivity index (χ0) is 63.9. The number of carbonyl (C=O) groups is 11. The second-order valence-electron chi connectivity index (χ2n) is 25.9. The van der Waals surface area contributed by atoms with Crippen LogP contribution < -0.4 is 21.3 Å². The molecule has 4 N–H and O–H groups in total. The highest BCUT2D eigenvalue weighted by atomic mass is 35.5. The number of carbonyl (C=O) groups excluding carboxylic acids is 11. The number of nitrogens with zero attached hydrogens (tertiary/aromatic N) is 7. The highest BCUT2D eigenvalue weighted by Crippen LogP contribution is 2.34. The highest BCUT2D eigenvalue weighted by Gasteiger charge is 2.49. The first-order valence-electron chi connectivity index (χ1n) is 31.3. The molecular weight excluding hydrogens is 1120 g/mol. The molecular formula is C63H100ClN11O11. The fourth-order valence-corrected chi connectivity index (χ4v) is 12.9. The van der Waals surface area contributed by atoms with Gasteiger partial charge in [-0.2, -0.15) is 0 Å². The molecule has 8 atom stereocenters. The number of likely N-dealkylation sites (N-methyl/N-ethyl adjacent to an activating group) is 6. The lowest BCUT2D eigenvalue weighted by Gasteiger charge is -2.39. The Morgan fingerprint density at radius 1 is 0.616 bits per heavy atom. The van der Waals surface area contributed by atoms with Gasteiger partial charge < -0.3 is 55.6 Å². The summed E-state index contributed by atoms with van der Waals surface area (Å²) >= 11 is 6.21. The molecule has 2 heterocycles. The van der Waals surface area contributed by atoms with Crippen LogP contribution in [0.25, 0.3) is 0 Å². The van der Waals surface area contributed by atoms with Gasteiger partial charge in [0.15, 0.2) is 0 Å². The molecule has 1 aromatic rings. The molecule has 0 bridgehead atoms. The average molecular weight is 1220 g/mol. The zero-order valence-electron chi connectivity index (χ0n) is 53.5. The third kappa shape index (κ3) is 18.6. The Hall–Kier alpha value is -6.32. The minimum Gasteiger partial charge on any atom is -0.351 e. The van der Waals surface area contributed by atoms with Crippen molar-refractivity contribution in [3.8, 4) is 0 Å². The summed E-state index contributed by atoms with van der Waals surface area (Å²) in [5, 5.41) is 12.3. The molecule has 11 amide bonds. The van der Waals surface area contributed by atoms with Crippen molar-refractivity contribution in [2.45, 2.75) is 205 Å². The van der Waals surface area contributed by atoms with Crippen molar-refractivity contribution in [2.24, 2.45) is 23.7 Å². The normalized spacial score (nSPS) is 26.8. The molecule has 23 heteroatoms. The van der Waals surface area contributed by atoms with Crippen molar-refractivity contribution in [1.82, 2.24) is 55.6 Å². The molecule has 4 aliphatic rings. The second kappa shape index (κ2) is 32.1. The van der Waals surface area contributed by atoms with Crippen LogP contribution in [0.5, 0.6) is 0 Å². The summed E-state index contributed by atoms with van der Waals surface area (Å²) in [6, 6.07) is -0.0126. The number of amides is 11. The van der Waals surface area contributed by atoms with Gasteiger partial charge in [0.05, 0.1) is 19.6 Å². The molecule has 0 radical (unpaired) electrons. The van der Waals surface area contributed by atoms with E-state index >= 15 is 0 Å². The number of hydrogen-bond acceptors (Lipinski definition) is 11. The summed E-state index contributed by atoms with van der Waals surface area (Å²) in [5.74, 6) is -6.75. The van der Waals surface area contributed by atoms with E-state index < -0.39 is 144 Å². The molecule has 2 aliphatic heterocycles. The van der Waals surface area contributed by atoms with Gasteiger partial charge in [0.25, 0.3) is 0 Å². The van der Waals surface area contributed by atoms with Gasteiger partial charge in [0.1, 0.15) is 41.8 Å². The number of rotatable bonds is 10. The molecule has 22 nitrogen and oxygen atoms in total. The summed E-state index contributed by atoms with van der Waals surface area (Å²) in [7, 11) is 8.85. The number of hydrogen-bond donors (Lipinski definition) is 4. The Kier molecular flexibility index (Phi) is 26.3. The summed E-state index contributed by atoms with van der Waals surface area (Å²) in [6.45, 7) is 11.5. The van der Waals surface area contributed by atoms with Crippen LogP contribution in [-0.4, -0.2) is 216 Å². The minimum atomic E-state index is -1.40. The minimum absolute atomic E-state index is 0.0709. The summed E-state index contributed by atoms with van der Waals surface area (Å²) < 4.78 is 0. The highest BCUT2D eigenvalue weighted by molar-refractivity contribution is 6.30. The van der Waals surface area contributed by atoms with E-state index in [1.165, 1.54) is 76.6 Å². The largest absolute Gasteiger partial charge is 0.351 e. The first-order valence-corrected chi connectivity index (χ1v) is 31.7. The molecule has 2 saturated carbocycles. The van der Waals surface area contributed by atoms with Gasteiger partial charge in [-0.3, -0.25) is 52.7 Å². The van der Waals surface area contributed by atoms with Crippen molar-refractivity contribution in [2.75, 3.05) is 68.5 Å². The molecule has 5 rings (SSSR count). The van der Waals surface area contributed by atoms with Crippen LogP contribution in [0, 0.1) is 23.7 Å². The fraction of sp³-hybridized carbons (Fsp3) is 0.730. The molecule has 1 spiro atoms. The van der Waals surface area contributed by atoms with Crippen molar-refractivity contribution in [1.29, 1.82) is 0 Å². The molecule has 0 unspecified atom stereocenters. The predicted molar refractivity (Wildman–Crippen MR) is 327 cm³/mol. The van der Waals surface area contributed by atoms with Crippen LogP contribution in [0.2, 0.25) is 5.02 Å². The van der Waals surface area contributed by atoms with E-state index in [-0.39, 0.29) is 56.9 Å². The summed E-state index contributed by atoms with van der Waals surface area (Å²) in [5.41, 5.74) is -0.566. The molecule has 480 valence electrons. The first-order chi connectivity index (χ1) is 40.5. The van der Waals surface area contributed by atoms with Crippen LogP contribution in [0.4, 0.5) is 0 Å². The molecule has 2 aliphatic carbocycles. The van der Waals surface area contributed by atoms with E-state index in [0.29, 0.717) is 43.5 Å². The number of fused-ring (bicyclic) bond motifs is 1. The predicted octanol–water partition coefficient (Wildman–Crippen LogP) is 4.15. The smallest absolute Gasteiger partial charge is 0.248 e. The molecule has 4 fully saturated rings. The Bertz CT molecular complexity index is 2570. The first kappa shape index (κ1) is 70.4. The third-order valence-corrected chi connectivity index (χ3v) is 18.5. The molecule has 1 aromatic carbocycles. The van der Waals surface area contributed by atoms with Crippen LogP contribution >= 0.6 is 11.6 Å². The van der Waals surface area contributed by atoms with Crippen molar-refractivity contribution in [3.63, 3.8) is 0 Å². The van der Waals surface area contributed by atoms with E-state index in [1.54, 1.807) is 39.8 Å². The van der Waals surface area contributed by atoms with Crippen molar-refractivity contribution < 1.29 is 52.7 Å². The maximum atomic E-state index is 15.0. The lowest BCUT2D eigenvalue weighted by atomic mass is 9.84. The molecule has 2 saturated heterocycles. The summed E-state index contributed by atoms with van der Waals surface area (Å²) in [4.78, 5) is 168. The standard InChI is InChI=1S/C63H100ClN11O11/c1-14-41(6)54-61(85)71(10)37-52(78)69(8)38-53(79)73(12)49(35-44-21-16-15-17-22-44)60(84)70(9)36-50(76)66-46(29-26-43-24-27-45(64)28-25-43)59(83)75-32-20-23-47(75)57(81)68-63(30-18-19-31-63)62(86)74(13)55(40(4)5)58(82)65-42(7)34-51(77)72(11)48(33-39(2)3)56(80)67-54/h24-25,27-28,39-42,44,46-49,54-55H,14-23,26,29-38H2,1-13H3,(H,65,82)(H,66,76)(H,67,80)(H,68,81)/t41-,42+,46-,47-,48-,49-,54-,55-/m0/s1. The maximum absolute atomic E-state index is 15.0. The average Bonchev–Trinajstić information content (AvgIpc) is 2.74. The van der Waals surface area contributed by atoms with Gasteiger partial charge in [-0.1, -0.05) is 117 Å².